The fraction of sp³-hybridized carbons (Fsp3) is 0.259. The number of fused-ring (bicyclic) bond motifs is 3. The summed E-state index contributed by atoms with van der Waals surface area (Å²) in [4.78, 5) is 22.9. The molecule has 1 unspecified atom stereocenters. The van der Waals surface area contributed by atoms with E-state index in [0.29, 0.717) is 23.6 Å². The Bertz CT molecular complexity index is 1540. The number of benzene rings is 1. The molecule has 0 fully saturated rings. The minimum Gasteiger partial charge on any atom is -0.481 e. The van der Waals surface area contributed by atoms with Gasteiger partial charge in [0.2, 0.25) is 0 Å². The Morgan fingerprint density at radius 3 is 2.47 bits per heavy atom. The van der Waals surface area contributed by atoms with E-state index in [1.807, 2.05) is 48.7 Å². The number of aromatic nitrogens is 4. The molecule has 0 saturated heterocycles. The predicted molar refractivity (Wildman–Crippen MR) is 138 cm³/mol. The Labute approximate surface area is 212 Å². The van der Waals surface area contributed by atoms with E-state index in [1.165, 1.54) is 0 Å². The number of nitrogens with zero attached hydrogens (tertiary/aromatic N) is 6. The highest BCUT2D eigenvalue weighted by molar-refractivity contribution is 7.15. The van der Waals surface area contributed by atoms with Crippen LogP contribution in [0.1, 0.15) is 58.2 Å². The summed E-state index contributed by atoms with van der Waals surface area (Å²) < 4.78 is 1.97. The fourth-order valence-electron chi connectivity index (χ4n) is 4.58. The molecule has 1 N–H and O–H groups in total. The van der Waals surface area contributed by atoms with Crippen molar-refractivity contribution in [3.63, 3.8) is 0 Å². The molecule has 0 amide bonds. The largest absolute Gasteiger partial charge is 0.481 e. The first-order valence-electron chi connectivity index (χ1n) is 11.6. The van der Waals surface area contributed by atoms with E-state index in [-0.39, 0.29) is 0 Å². The van der Waals surface area contributed by atoms with Crippen LogP contribution in [0.4, 0.5) is 0 Å². The maximum Gasteiger partial charge on any atom is 0.309 e. The lowest BCUT2D eigenvalue weighted by Gasteiger charge is -2.18. The van der Waals surface area contributed by atoms with E-state index < -0.39 is 17.9 Å². The zero-order valence-corrected chi connectivity index (χ0v) is 21.2. The van der Waals surface area contributed by atoms with Crippen molar-refractivity contribution in [3.8, 4) is 22.3 Å². The van der Waals surface area contributed by atoms with Gasteiger partial charge in [0.1, 0.15) is 22.9 Å². The molecule has 0 spiro atoms. The zero-order chi connectivity index (χ0) is 25.6. The summed E-state index contributed by atoms with van der Waals surface area (Å²) in [6.45, 7) is 7.89. The summed E-state index contributed by atoms with van der Waals surface area (Å²) in [5.41, 5.74) is 5.91. The average Bonchev–Trinajstić information content (AvgIpc) is 3.35. The van der Waals surface area contributed by atoms with Crippen LogP contribution >= 0.6 is 11.3 Å². The summed E-state index contributed by atoms with van der Waals surface area (Å²) in [5, 5.41) is 28.7. The van der Waals surface area contributed by atoms with Crippen LogP contribution in [0.15, 0.2) is 47.6 Å². The van der Waals surface area contributed by atoms with E-state index in [9.17, 15) is 9.90 Å². The molecule has 4 heterocycles. The third-order valence-corrected chi connectivity index (χ3v) is 7.87. The Morgan fingerprint density at radius 2 is 1.86 bits per heavy atom. The van der Waals surface area contributed by atoms with Gasteiger partial charge in [-0.1, -0.05) is 31.2 Å². The molecule has 5 rings (SSSR count). The molecule has 1 aliphatic heterocycles. The number of carboxylic acids is 1. The van der Waals surface area contributed by atoms with Crippen LogP contribution in [-0.4, -0.2) is 36.5 Å². The molecule has 1 aromatic carbocycles. The first kappa shape index (κ1) is 23.6. The maximum absolute atomic E-state index is 12.2. The third kappa shape index (κ3) is 3.80. The lowest BCUT2D eigenvalue weighted by atomic mass is 9.95. The maximum atomic E-state index is 12.2. The Morgan fingerprint density at radius 1 is 1.14 bits per heavy atom. The van der Waals surface area contributed by atoms with E-state index in [0.717, 1.165) is 43.5 Å². The minimum atomic E-state index is -0.904. The summed E-state index contributed by atoms with van der Waals surface area (Å²) in [6, 6.07) is 12.9. The van der Waals surface area contributed by atoms with Crippen molar-refractivity contribution in [1.29, 1.82) is 5.26 Å². The van der Waals surface area contributed by atoms with Gasteiger partial charge in [-0.2, -0.15) is 5.26 Å². The van der Waals surface area contributed by atoms with E-state index in [4.69, 9.17) is 10.3 Å². The second-order valence-corrected chi connectivity index (χ2v) is 10.0. The minimum absolute atomic E-state index is 0.414. The number of nitriles is 1. The molecule has 0 radical (unpaired) electrons. The molecule has 3 aromatic heterocycles. The third-order valence-electron chi connectivity index (χ3n) is 6.67. The van der Waals surface area contributed by atoms with Crippen molar-refractivity contribution < 1.29 is 9.90 Å². The summed E-state index contributed by atoms with van der Waals surface area (Å²) in [5.74, 6) is -0.382. The number of pyridine rings is 1. The van der Waals surface area contributed by atoms with Crippen LogP contribution in [0, 0.1) is 38.0 Å². The van der Waals surface area contributed by atoms with Crippen LogP contribution in [-0.2, 0) is 4.79 Å². The van der Waals surface area contributed by atoms with Crippen LogP contribution in [0.2, 0.25) is 0 Å². The number of aliphatic carboxylic acids is 1. The highest BCUT2D eigenvalue weighted by Crippen LogP contribution is 2.41. The smallest absolute Gasteiger partial charge is 0.309 e. The van der Waals surface area contributed by atoms with Gasteiger partial charge in [-0.3, -0.25) is 19.3 Å². The van der Waals surface area contributed by atoms with Gasteiger partial charge < -0.3 is 5.11 Å². The van der Waals surface area contributed by atoms with Gasteiger partial charge in [-0.25, -0.2) is 0 Å². The summed E-state index contributed by atoms with van der Waals surface area (Å²) in [7, 11) is 0. The normalized spacial score (nSPS) is 15.3. The van der Waals surface area contributed by atoms with Crippen LogP contribution in [0.25, 0.3) is 16.3 Å². The van der Waals surface area contributed by atoms with Crippen molar-refractivity contribution in [1.82, 2.24) is 19.7 Å². The molecule has 0 aliphatic carbocycles. The number of rotatable bonds is 5. The number of thiophene rings is 1. The van der Waals surface area contributed by atoms with E-state index in [2.05, 4.69) is 35.1 Å². The van der Waals surface area contributed by atoms with Gasteiger partial charge in [-0.05, 0) is 44.9 Å². The number of hydrogen-bond donors (Lipinski definition) is 1. The molecule has 36 heavy (non-hydrogen) atoms. The molecule has 180 valence electrons. The number of carbonyl (C=O) groups is 1. The lowest BCUT2D eigenvalue weighted by Crippen LogP contribution is -2.23. The Kier molecular flexibility index (Phi) is 5.98. The van der Waals surface area contributed by atoms with Crippen molar-refractivity contribution >= 4 is 23.0 Å². The van der Waals surface area contributed by atoms with Crippen molar-refractivity contribution in [2.24, 2.45) is 10.9 Å². The number of aryl methyl sites for hydroxylation is 2. The summed E-state index contributed by atoms with van der Waals surface area (Å²) >= 11 is 1.64. The van der Waals surface area contributed by atoms with E-state index in [1.54, 1.807) is 23.6 Å². The zero-order valence-electron chi connectivity index (χ0n) is 20.4. The second kappa shape index (κ2) is 9.13. The molecular formula is C27H24N6O2S. The quantitative estimate of drug-likeness (QED) is 0.406. The van der Waals surface area contributed by atoms with Gasteiger partial charge in [0.05, 0.1) is 22.9 Å². The van der Waals surface area contributed by atoms with E-state index >= 15 is 0 Å². The molecule has 1 aliphatic rings. The second-order valence-electron chi connectivity index (χ2n) is 8.80. The van der Waals surface area contributed by atoms with Crippen LogP contribution in [0.5, 0.6) is 0 Å². The highest BCUT2D eigenvalue weighted by atomic mass is 32.1. The number of hydrogen-bond acceptors (Lipinski definition) is 7. The van der Waals surface area contributed by atoms with Gasteiger partial charge >= 0.3 is 5.97 Å². The monoisotopic (exact) mass is 496 g/mol. The van der Waals surface area contributed by atoms with Crippen molar-refractivity contribution in [3.05, 3.63) is 81.4 Å². The molecule has 0 bridgehead atoms. The molecule has 8 nitrogen and oxygen atoms in total. The molecule has 0 saturated carbocycles. The Balaban J connectivity index is 1.69. The van der Waals surface area contributed by atoms with Crippen molar-refractivity contribution in [2.45, 2.75) is 40.2 Å². The Hall–Kier alpha value is -4.16. The van der Waals surface area contributed by atoms with Crippen molar-refractivity contribution in [2.75, 3.05) is 0 Å². The molecular weight excluding hydrogens is 472 g/mol. The number of aliphatic imine (C=N–C) groups is 1. The average molecular weight is 497 g/mol. The van der Waals surface area contributed by atoms with Crippen LogP contribution < -0.4 is 0 Å². The lowest BCUT2D eigenvalue weighted by molar-refractivity contribution is -0.142. The number of carboxylic acid groups (broad SMARTS) is 1. The van der Waals surface area contributed by atoms with Crippen LogP contribution in [0.3, 0.4) is 0 Å². The van der Waals surface area contributed by atoms with Gasteiger partial charge in [0.15, 0.2) is 5.82 Å². The summed E-state index contributed by atoms with van der Waals surface area (Å²) in [6.07, 6.45) is 1.97. The molecule has 9 heteroatoms. The van der Waals surface area contributed by atoms with Gasteiger partial charge in [-0.15, -0.1) is 21.5 Å². The van der Waals surface area contributed by atoms with Gasteiger partial charge in [0, 0.05) is 27.8 Å². The fourth-order valence-corrected chi connectivity index (χ4v) is 5.79. The topological polar surface area (TPSA) is 117 Å². The highest BCUT2D eigenvalue weighted by Gasteiger charge is 2.37. The molecule has 2 atom stereocenters. The predicted octanol–water partition coefficient (Wildman–Crippen LogP) is 5.19. The standard InChI is InChI=1S/C27H24N6O2S/c1-5-20(27(34)35)24-25-32-31-16(4)33(25)26-22(14(2)15(3)36-26)23(30-24)19-9-7-18(8-10-19)21-11-6-17(12-28)13-29-21/h6-11,13,20,24H,5H2,1-4H3,(H,34,35)/t20-,24?/m0/s1. The first-order chi connectivity index (χ1) is 17.3. The molecule has 4 aromatic rings. The SMILES string of the molecule is CC[C@H](C(=O)O)C1N=C(c2ccc(-c3ccc(C#N)cn3)cc2)c2c(sc(C)c2C)-n2c(C)nnc21. The van der Waals surface area contributed by atoms with Gasteiger partial charge in [0.25, 0.3) is 0 Å². The first-order valence-corrected chi connectivity index (χ1v) is 12.5.